The summed E-state index contributed by atoms with van der Waals surface area (Å²) in [6, 6.07) is 1.03. The number of carbonyl (C=O) groups excluding carboxylic acids is 1. The Balaban J connectivity index is 1.51. The van der Waals surface area contributed by atoms with Crippen LogP contribution < -0.4 is 5.73 Å². The zero-order valence-electron chi connectivity index (χ0n) is 14.2. The van der Waals surface area contributed by atoms with Crippen LogP contribution in [0.1, 0.15) is 56.7 Å². The van der Waals surface area contributed by atoms with E-state index in [-0.39, 0.29) is 23.9 Å². The quantitative estimate of drug-likeness (QED) is 0.903. The van der Waals surface area contributed by atoms with E-state index in [1.54, 1.807) is 0 Å². The molecule has 8 heteroatoms. The summed E-state index contributed by atoms with van der Waals surface area (Å²) in [5, 5.41) is 3.65. The molecule has 0 aromatic carbocycles. The predicted molar refractivity (Wildman–Crippen MR) is 86.6 cm³/mol. The van der Waals surface area contributed by atoms with Gasteiger partial charge in [-0.3, -0.25) is 9.48 Å². The maximum atomic E-state index is 12.7. The highest BCUT2D eigenvalue weighted by atomic mass is 19.4. The number of alkyl halides is 3. The number of nitrogens with two attached hydrogens (primary N) is 1. The average Bonchev–Trinajstić information content (AvgIpc) is 3.07. The number of carbonyl (C=O) groups is 1. The van der Waals surface area contributed by atoms with E-state index >= 15 is 0 Å². The lowest BCUT2D eigenvalue weighted by Gasteiger charge is -2.34. The summed E-state index contributed by atoms with van der Waals surface area (Å²) in [6.45, 7) is 1.12. The highest BCUT2D eigenvalue weighted by molar-refractivity contribution is 5.76. The number of rotatable bonds is 3. The summed E-state index contributed by atoms with van der Waals surface area (Å²) < 4.78 is 39.3. The summed E-state index contributed by atoms with van der Waals surface area (Å²) in [5.74, 6) is 0.386. The molecule has 2 fully saturated rings. The number of hydrogen-bond donors (Lipinski definition) is 1. The summed E-state index contributed by atoms with van der Waals surface area (Å²) in [4.78, 5) is 14.3. The molecule has 5 nitrogen and oxygen atoms in total. The molecule has 0 unspecified atom stereocenters. The molecule has 1 aliphatic heterocycles. The SMILES string of the molecule is N[C@@H]1CCCC[C@@H]1CC(=O)N1CCC(n2ccc(C(F)(F)F)n2)CC1. The van der Waals surface area contributed by atoms with Crippen molar-refractivity contribution in [2.75, 3.05) is 13.1 Å². The van der Waals surface area contributed by atoms with Crippen molar-refractivity contribution in [3.05, 3.63) is 18.0 Å². The second-order valence-corrected chi connectivity index (χ2v) is 7.20. The molecule has 1 saturated carbocycles. The topological polar surface area (TPSA) is 64.2 Å². The van der Waals surface area contributed by atoms with Gasteiger partial charge < -0.3 is 10.6 Å². The average molecular weight is 358 g/mol. The molecule has 0 spiro atoms. The van der Waals surface area contributed by atoms with E-state index in [0.29, 0.717) is 32.4 Å². The van der Waals surface area contributed by atoms with Gasteiger partial charge in [-0.25, -0.2) is 0 Å². The largest absolute Gasteiger partial charge is 0.435 e. The van der Waals surface area contributed by atoms with Crippen molar-refractivity contribution in [3.63, 3.8) is 0 Å². The Labute approximate surface area is 145 Å². The molecule has 1 amide bonds. The zero-order valence-corrected chi connectivity index (χ0v) is 14.2. The number of hydrogen-bond acceptors (Lipinski definition) is 3. The van der Waals surface area contributed by atoms with Gasteiger partial charge in [0.15, 0.2) is 5.69 Å². The number of halogens is 3. The highest BCUT2D eigenvalue weighted by Gasteiger charge is 2.35. The third-order valence-corrected chi connectivity index (χ3v) is 5.49. The fourth-order valence-electron chi connectivity index (χ4n) is 3.92. The standard InChI is InChI=1S/C17H25F3N4O/c18-17(19,20)15-7-10-24(22-15)13-5-8-23(9-6-13)16(25)11-12-3-1-2-4-14(12)21/h7,10,12-14H,1-6,8-9,11,21H2/t12-,14-/m1/s1. The Morgan fingerprint density at radius 3 is 2.48 bits per heavy atom. The van der Waals surface area contributed by atoms with Gasteiger partial charge >= 0.3 is 6.18 Å². The van der Waals surface area contributed by atoms with Crippen molar-refractivity contribution >= 4 is 5.91 Å². The minimum Gasteiger partial charge on any atom is -0.343 e. The Kier molecular flexibility index (Phi) is 5.36. The summed E-state index contributed by atoms with van der Waals surface area (Å²) in [6.07, 6.45) is 2.98. The molecule has 0 radical (unpaired) electrons. The van der Waals surface area contributed by atoms with E-state index in [1.807, 2.05) is 4.90 Å². The minimum atomic E-state index is -4.42. The van der Waals surface area contributed by atoms with Gasteiger partial charge in [0, 0.05) is 31.7 Å². The fraction of sp³-hybridized carbons (Fsp3) is 0.765. The first kappa shape index (κ1) is 18.2. The molecule has 1 aromatic heterocycles. The molecular weight excluding hydrogens is 333 g/mol. The molecule has 1 aliphatic carbocycles. The molecule has 2 atom stereocenters. The molecule has 1 aromatic rings. The van der Waals surface area contributed by atoms with E-state index in [4.69, 9.17) is 5.73 Å². The lowest BCUT2D eigenvalue weighted by atomic mass is 9.82. The van der Waals surface area contributed by atoms with Gasteiger partial charge in [-0.05, 0) is 37.7 Å². The van der Waals surface area contributed by atoms with Crippen molar-refractivity contribution in [2.45, 2.75) is 63.2 Å². The van der Waals surface area contributed by atoms with Gasteiger partial charge in [0.1, 0.15) is 0 Å². The third kappa shape index (κ3) is 4.34. The zero-order chi connectivity index (χ0) is 18.0. The van der Waals surface area contributed by atoms with Crippen LogP contribution in [0.15, 0.2) is 12.3 Å². The van der Waals surface area contributed by atoms with Crippen LogP contribution in [0.2, 0.25) is 0 Å². The Hall–Kier alpha value is -1.57. The fourth-order valence-corrected chi connectivity index (χ4v) is 3.92. The smallest absolute Gasteiger partial charge is 0.343 e. The van der Waals surface area contributed by atoms with Gasteiger partial charge in [-0.15, -0.1) is 0 Å². The highest BCUT2D eigenvalue weighted by Crippen LogP contribution is 2.30. The third-order valence-electron chi connectivity index (χ3n) is 5.49. The maximum absolute atomic E-state index is 12.7. The summed E-state index contributed by atoms with van der Waals surface area (Å²) in [7, 11) is 0. The maximum Gasteiger partial charge on any atom is 0.435 e. The first-order valence-corrected chi connectivity index (χ1v) is 9.00. The molecule has 0 bridgehead atoms. The van der Waals surface area contributed by atoms with Crippen LogP contribution in [-0.2, 0) is 11.0 Å². The second kappa shape index (κ2) is 7.35. The lowest BCUT2D eigenvalue weighted by molar-refractivity contribution is -0.141. The molecule has 2 N–H and O–H groups in total. The Bertz CT molecular complexity index is 593. The van der Waals surface area contributed by atoms with Gasteiger partial charge in [0.25, 0.3) is 0 Å². The number of amides is 1. The summed E-state index contributed by atoms with van der Waals surface area (Å²) >= 11 is 0. The number of nitrogens with zero attached hydrogens (tertiary/aromatic N) is 3. The van der Waals surface area contributed by atoms with Crippen LogP contribution in [0.4, 0.5) is 13.2 Å². The predicted octanol–water partition coefficient (Wildman–Crippen LogP) is 2.97. The van der Waals surface area contributed by atoms with E-state index in [1.165, 1.54) is 10.9 Å². The molecule has 2 heterocycles. The monoisotopic (exact) mass is 358 g/mol. The second-order valence-electron chi connectivity index (χ2n) is 7.20. The van der Waals surface area contributed by atoms with Crippen LogP contribution in [0.5, 0.6) is 0 Å². The van der Waals surface area contributed by atoms with Crippen molar-refractivity contribution in [2.24, 2.45) is 11.7 Å². The normalized spacial score (nSPS) is 26.0. The Morgan fingerprint density at radius 2 is 1.88 bits per heavy atom. The Morgan fingerprint density at radius 1 is 1.20 bits per heavy atom. The van der Waals surface area contributed by atoms with Gasteiger partial charge in [0.05, 0.1) is 6.04 Å². The van der Waals surface area contributed by atoms with E-state index in [0.717, 1.165) is 31.7 Å². The first-order valence-electron chi connectivity index (χ1n) is 9.00. The molecule has 140 valence electrons. The van der Waals surface area contributed by atoms with Gasteiger partial charge in [-0.2, -0.15) is 18.3 Å². The molecule has 25 heavy (non-hydrogen) atoms. The molecule has 1 saturated heterocycles. The van der Waals surface area contributed by atoms with Crippen molar-refractivity contribution in [1.29, 1.82) is 0 Å². The van der Waals surface area contributed by atoms with E-state index < -0.39 is 11.9 Å². The number of likely N-dealkylation sites (tertiary alicyclic amines) is 1. The lowest BCUT2D eigenvalue weighted by Crippen LogP contribution is -2.42. The van der Waals surface area contributed by atoms with Crippen LogP contribution >= 0.6 is 0 Å². The minimum absolute atomic E-state index is 0.0860. The van der Waals surface area contributed by atoms with Crippen molar-refractivity contribution in [1.82, 2.24) is 14.7 Å². The molecular formula is C17H25F3N4O. The molecule has 2 aliphatic rings. The van der Waals surface area contributed by atoms with Crippen LogP contribution in [0.25, 0.3) is 0 Å². The first-order chi connectivity index (χ1) is 11.8. The molecule has 3 rings (SSSR count). The van der Waals surface area contributed by atoms with E-state index in [2.05, 4.69) is 5.10 Å². The summed E-state index contributed by atoms with van der Waals surface area (Å²) in [5.41, 5.74) is 5.25. The number of piperidine rings is 1. The van der Waals surface area contributed by atoms with Crippen LogP contribution in [0.3, 0.4) is 0 Å². The number of aromatic nitrogens is 2. The van der Waals surface area contributed by atoms with E-state index in [9.17, 15) is 18.0 Å². The van der Waals surface area contributed by atoms with Gasteiger partial charge in [-0.1, -0.05) is 12.8 Å². The van der Waals surface area contributed by atoms with Crippen LogP contribution in [-0.4, -0.2) is 39.7 Å². The van der Waals surface area contributed by atoms with Crippen molar-refractivity contribution < 1.29 is 18.0 Å². The van der Waals surface area contributed by atoms with Gasteiger partial charge in [0.2, 0.25) is 5.91 Å². The van der Waals surface area contributed by atoms with Crippen molar-refractivity contribution in [3.8, 4) is 0 Å². The van der Waals surface area contributed by atoms with Crippen LogP contribution in [0, 0.1) is 5.92 Å².